The molecule has 4 nitrogen and oxygen atoms in total. The SMILES string of the molecule is CC(=O)N(CC(=O)Nc1ccc(Br)c(C)c1)c1cccc(Cl)c1. The Kier molecular flexibility index (Phi) is 5.80. The fourth-order valence-electron chi connectivity index (χ4n) is 2.10. The minimum Gasteiger partial charge on any atom is -0.325 e. The second kappa shape index (κ2) is 7.62. The maximum absolute atomic E-state index is 12.2. The number of carbonyl (C=O) groups excluding carboxylic acids is 2. The first-order valence-corrected chi connectivity index (χ1v) is 8.13. The summed E-state index contributed by atoms with van der Waals surface area (Å²) >= 11 is 9.36. The van der Waals surface area contributed by atoms with Crippen LogP contribution in [0.25, 0.3) is 0 Å². The van der Waals surface area contributed by atoms with E-state index < -0.39 is 0 Å². The van der Waals surface area contributed by atoms with E-state index in [2.05, 4.69) is 21.2 Å². The zero-order valence-corrected chi connectivity index (χ0v) is 15.1. The molecule has 23 heavy (non-hydrogen) atoms. The number of hydrogen-bond donors (Lipinski definition) is 1. The third-order valence-corrected chi connectivity index (χ3v) is 4.37. The molecule has 0 aliphatic rings. The van der Waals surface area contributed by atoms with Crippen molar-refractivity contribution in [1.82, 2.24) is 0 Å². The van der Waals surface area contributed by atoms with Crippen LogP contribution in [0.1, 0.15) is 12.5 Å². The third-order valence-electron chi connectivity index (χ3n) is 3.24. The summed E-state index contributed by atoms with van der Waals surface area (Å²) in [5, 5.41) is 3.30. The molecule has 0 saturated heterocycles. The van der Waals surface area contributed by atoms with Crippen LogP contribution in [-0.4, -0.2) is 18.4 Å². The van der Waals surface area contributed by atoms with E-state index in [9.17, 15) is 9.59 Å². The van der Waals surface area contributed by atoms with E-state index in [4.69, 9.17) is 11.6 Å². The van der Waals surface area contributed by atoms with Crippen LogP contribution in [0.2, 0.25) is 5.02 Å². The topological polar surface area (TPSA) is 49.4 Å². The van der Waals surface area contributed by atoms with Gasteiger partial charge in [-0.15, -0.1) is 0 Å². The molecule has 0 unspecified atom stereocenters. The van der Waals surface area contributed by atoms with E-state index in [-0.39, 0.29) is 18.4 Å². The van der Waals surface area contributed by atoms with Gasteiger partial charge in [0.1, 0.15) is 6.54 Å². The van der Waals surface area contributed by atoms with Crippen molar-refractivity contribution in [3.63, 3.8) is 0 Å². The predicted octanol–water partition coefficient (Wildman–Crippen LogP) is 4.40. The molecule has 0 aromatic heterocycles. The zero-order chi connectivity index (χ0) is 17.0. The number of halogens is 2. The summed E-state index contributed by atoms with van der Waals surface area (Å²) in [5.74, 6) is -0.503. The van der Waals surface area contributed by atoms with Gasteiger partial charge in [-0.05, 0) is 48.9 Å². The van der Waals surface area contributed by atoms with Crippen LogP contribution in [0.4, 0.5) is 11.4 Å². The molecular weight excluding hydrogens is 380 g/mol. The van der Waals surface area contributed by atoms with Crippen LogP contribution in [0.5, 0.6) is 0 Å². The van der Waals surface area contributed by atoms with E-state index in [1.54, 1.807) is 30.3 Å². The minimum absolute atomic E-state index is 0.0786. The number of amides is 2. The Morgan fingerprint density at radius 1 is 1.22 bits per heavy atom. The molecule has 0 fully saturated rings. The number of rotatable bonds is 4. The Morgan fingerprint density at radius 2 is 1.96 bits per heavy atom. The monoisotopic (exact) mass is 394 g/mol. The van der Waals surface area contributed by atoms with Crippen molar-refractivity contribution in [2.75, 3.05) is 16.8 Å². The molecule has 2 aromatic rings. The molecule has 120 valence electrons. The number of benzene rings is 2. The van der Waals surface area contributed by atoms with Gasteiger partial charge in [0.2, 0.25) is 11.8 Å². The number of nitrogens with one attached hydrogen (secondary N) is 1. The Morgan fingerprint density at radius 3 is 2.57 bits per heavy atom. The predicted molar refractivity (Wildman–Crippen MR) is 97.0 cm³/mol. The van der Waals surface area contributed by atoms with Crippen molar-refractivity contribution in [2.24, 2.45) is 0 Å². The van der Waals surface area contributed by atoms with Gasteiger partial charge in [-0.1, -0.05) is 33.6 Å². The molecule has 0 heterocycles. The minimum atomic E-state index is -0.276. The van der Waals surface area contributed by atoms with Crippen LogP contribution >= 0.6 is 27.5 Å². The Labute approximate surface area is 148 Å². The van der Waals surface area contributed by atoms with Gasteiger partial charge in [-0.3, -0.25) is 9.59 Å². The van der Waals surface area contributed by atoms with Crippen molar-refractivity contribution in [1.29, 1.82) is 0 Å². The summed E-state index contributed by atoms with van der Waals surface area (Å²) in [7, 11) is 0. The van der Waals surface area contributed by atoms with Crippen molar-refractivity contribution >= 4 is 50.7 Å². The number of anilines is 2. The smallest absolute Gasteiger partial charge is 0.244 e. The Hall–Kier alpha value is -1.85. The van der Waals surface area contributed by atoms with E-state index >= 15 is 0 Å². The van der Waals surface area contributed by atoms with Gasteiger partial charge in [0.15, 0.2) is 0 Å². The molecule has 0 atom stereocenters. The third kappa shape index (κ3) is 4.81. The lowest BCUT2D eigenvalue weighted by Crippen LogP contribution is -2.36. The summed E-state index contributed by atoms with van der Waals surface area (Å²) in [6.07, 6.45) is 0. The van der Waals surface area contributed by atoms with Crippen molar-refractivity contribution in [3.8, 4) is 0 Å². The van der Waals surface area contributed by atoms with Crippen LogP contribution in [0.3, 0.4) is 0 Å². The molecule has 0 bridgehead atoms. The molecule has 0 aliphatic heterocycles. The van der Waals surface area contributed by atoms with Crippen molar-refractivity contribution in [3.05, 3.63) is 57.5 Å². The van der Waals surface area contributed by atoms with Gasteiger partial charge in [-0.25, -0.2) is 0 Å². The standard InChI is InChI=1S/C17H16BrClN2O2/c1-11-8-14(6-7-16(11)18)20-17(23)10-21(12(2)22)15-5-3-4-13(19)9-15/h3-9H,10H2,1-2H3,(H,20,23). The molecule has 2 amide bonds. The second-order valence-corrected chi connectivity index (χ2v) is 6.39. The molecule has 0 saturated carbocycles. The summed E-state index contributed by atoms with van der Waals surface area (Å²) in [6.45, 7) is 3.27. The van der Waals surface area contributed by atoms with E-state index in [1.165, 1.54) is 11.8 Å². The first-order valence-electron chi connectivity index (χ1n) is 6.96. The molecule has 0 spiro atoms. The molecule has 0 radical (unpaired) electrons. The Balaban J connectivity index is 2.12. The first kappa shape index (κ1) is 17.5. The average Bonchev–Trinajstić information content (AvgIpc) is 2.48. The second-order valence-electron chi connectivity index (χ2n) is 5.10. The fraction of sp³-hybridized carbons (Fsp3) is 0.176. The number of aryl methyl sites for hydroxylation is 1. The highest BCUT2D eigenvalue weighted by molar-refractivity contribution is 9.10. The molecule has 2 aromatic carbocycles. The summed E-state index contributed by atoms with van der Waals surface area (Å²) in [5.41, 5.74) is 2.29. The van der Waals surface area contributed by atoms with Gasteiger partial charge < -0.3 is 10.2 Å². The molecule has 0 aliphatic carbocycles. The highest BCUT2D eigenvalue weighted by Crippen LogP contribution is 2.21. The van der Waals surface area contributed by atoms with E-state index in [0.29, 0.717) is 16.4 Å². The van der Waals surface area contributed by atoms with Gasteiger partial charge >= 0.3 is 0 Å². The van der Waals surface area contributed by atoms with Crippen LogP contribution in [0.15, 0.2) is 46.9 Å². The molecular formula is C17H16BrClN2O2. The molecule has 1 N–H and O–H groups in total. The van der Waals surface area contributed by atoms with Crippen molar-refractivity contribution in [2.45, 2.75) is 13.8 Å². The lowest BCUT2D eigenvalue weighted by molar-refractivity contribution is -0.120. The highest BCUT2D eigenvalue weighted by atomic mass is 79.9. The molecule has 2 rings (SSSR count). The van der Waals surface area contributed by atoms with Gasteiger partial charge in [-0.2, -0.15) is 0 Å². The maximum atomic E-state index is 12.2. The van der Waals surface area contributed by atoms with Crippen molar-refractivity contribution < 1.29 is 9.59 Å². The van der Waals surface area contributed by atoms with Crippen LogP contribution in [-0.2, 0) is 9.59 Å². The largest absolute Gasteiger partial charge is 0.325 e. The van der Waals surface area contributed by atoms with Crippen LogP contribution in [0, 0.1) is 6.92 Å². The van der Waals surface area contributed by atoms with Gasteiger partial charge in [0, 0.05) is 27.8 Å². The fourth-order valence-corrected chi connectivity index (χ4v) is 2.53. The summed E-state index contributed by atoms with van der Waals surface area (Å²) in [6, 6.07) is 12.4. The molecule has 6 heteroatoms. The quantitative estimate of drug-likeness (QED) is 0.834. The van der Waals surface area contributed by atoms with E-state index in [1.807, 2.05) is 19.1 Å². The van der Waals surface area contributed by atoms with Gasteiger partial charge in [0.25, 0.3) is 0 Å². The zero-order valence-electron chi connectivity index (χ0n) is 12.8. The lowest BCUT2D eigenvalue weighted by Gasteiger charge is -2.21. The normalized spacial score (nSPS) is 10.3. The summed E-state index contributed by atoms with van der Waals surface area (Å²) in [4.78, 5) is 25.5. The summed E-state index contributed by atoms with van der Waals surface area (Å²) < 4.78 is 0.972. The highest BCUT2D eigenvalue weighted by Gasteiger charge is 2.16. The average molecular weight is 396 g/mol. The van der Waals surface area contributed by atoms with Crippen LogP contribution < -0.4 is 10.2 Å². The Bertz CT molecular complexity index is 749. The number of nitrogens with zero attached hydrogens (tertiary/aromatic N) is 1. The first-order chi connectivity index (χ1) is 10.9. The van der Waals surface area contributed by atoms with E-state index in [0.717, 1.165) is 10.0 Å². The number of carbonyl (C=O) groups is 2. The van der Waals surface area contributed by atoms with Gasteiger partial charge in [0.05, 0.1) is 0 Å². The lowest BCUT2D eigenvalue weighted by atomic mass is 10.2. The maximum Gasteiger partial charge on any atom is 0.244 e. The number of hydrogen-bond acceptors (Lipinski definition) is 2.